The van der Waals surface area contributed by atoms with Gasteiger partial charge in [-0.2, -0.15) is 0 Å². The van der Waals surface area contributed by atoms with Gasteiger partial charge < -0.3 is 9.47 Å². The van der Waals surface area contributed by atoms with Gasteiger partial charge in [-0.1, -0.05) is 30.7 Å². The lowest BCUT2D eigenvalue weighted by atomic mass is 10.2. The summed E-state index contributed by atoms with van der Waals surface area (Å²) in [5.41, 5.74) is 2.90. The number of hydrogen-bond donors (Lipinski definition) is 1. The van der Waals surface area contributed by atoms with E-state index in [2.05, 4.69) is 10.4 Å². The molecule has 0 bridgehead atoms. The topological polar surface area (TPSA) is 82.5 Å². The first-order valence-electron chi connectivity index (χ1n) is 8.33. The summed E-state index contributed by atoms with van der Waals surface area (Å²) in [6, 6.07) is 9.86. The van der Waals surface area contributed by atoms with Crippen LogP contribution < -0.4 is 20.5 Å². The molecule has 0 saturated carbocycles. The quantitative estimate of drug-likeness (QED) is 0.702. The van der Waals surface area contributed by atoms with Crippen LogP contribution in [0, 0.1) is 0 Å². The first-order chi connectivity index (χ1) is 13.0. The van der Waals surface area contributed by atoms with E-state index in [1.165, 1.54) is 25.6 Å². The number of ether oxygens (including phenoxy) is 2. The summed E-state index contributed by atoms with van der Waals surface area (Å²) in [5, 5.41) is 0.649. The molecule has 1 aromatic heterocycles. The maximum absolute atomic E-state index is 12.6. The Bertz CT molecular complexity index is 1050. The molecule has 0 aliphatic carbocycles. The van der Waals surface area contributed by atoms with Gasteiger partial charge >= 0.3 is 0 Å². The van der Waals surface area contributed by atoms with Gasteiger partial charge in [0.15, 0.2) is 11.5 Å². The summed E-state index contributed by atoms with van der Waals surface area (Å²) in [7, 11) is 1.46. The SMILES string of the molecule is CCCOc1c(Cl)cc(C(=O)Nn2cnc3ccccc3c2=O)cc1OC. The van der Waals surface area contributed by atoms with Crippen LogP contribution in [0.15, 0.2) is 47.5 Å². The highest BCUT2D eigenvalue weighted by Crippen LogP contribution is 2.36. The molecule has 0 atom stereocenters. The van der Waals surface area contributed by atoms with E-state index in [1.54, 1.807) is 24.3 Å². The first kappa shape index (κ1) is 18.7. The van der Waals surface area contributed by atoms with Crippen molar-refractivity contribution in [1.82, 2.24) is 9.66 Å². The number of carbonyl (C=O) groups excluding carboxylic acids is 1. The molecule has 140 valence electrons. The molecule has 7 nitrogen and oxygen atoms in total. The Kier molecular flexibility index (Phi) is 5.61. The molecule has 8 heteroatoms. The predicted molar refractivity (Wildman–Crippen MR) is 103 cm³/mol. The molecule has 3 aromatic rings. The fourth-order valence-electron chi connectivity index (χ4n) is 2.52. The third-order valence-electron chi connectivity index (χ3n) is 3.83. The van der Waals surface area contributed by atoms with Crippen LogP contribution in [0.3, 0.4) is 0 Å². The van der Waals surface area contributed by atoms with E-state index in [9.17, 15) is 9.59 Å². The van der Waals surface area contributed by atoms with E-state index in [0.717, 1.165) is 11.1 Å². The van der Waals surface area contributed by atoms with Crippen molar-refractivity contribution in [3.05, 3.63) is 63.7 Å². The molecule has 0 unspecified atom stereocenters. The van der Waals surface area contributed by atoms with Gasteiger partial charge in [-0.05, 0) is 30.7 Å². The zero-order valence-corrected chi connectivity index (χ0v) is 15.6. The predicted octanol–water partition coefficient (Wildman–Crippen LogP) is 3.23. The van der Waals surface area contributed by atoms with Crippen LogP contribution in [0.4, 0.5) is 0 Å². The van der Waals surface area contributed by atoms with E-state index >= 15 is 0 Å². The molecule has 1 heterocycles. The van der Waals surface area contributed by atoms with Gasteiger partial charge in [-0.25, -0.2) is 9.66 Å². The Morgan fingerprint density at radius 1 is 1.30 bits per heavy atom. The number of benzene rings is 2. The molecule has 1 amide bonds. The second-order valence-electron chi connectivity index (χ2n) is 5.72. The Morgan fingerprint density at radius 3 is 2.81 bits per heavy atom. The number of amides is 1. The van der Waals surface area contributed by atoms with Crippen LogP contribution in [0.1, 0.15) is 23.7 Å². The lowest BCUT2D eigenvalue weighted by Crippen LogP contribution is -2.33. The van der Waals surface area contributed by atoms with Crippen molar-refractivity contribution in [2.24, 2.45) is 0 Å². The lowest BCUT2D eigenvalue weighted by molar-refractivity contribution is 0.101. The maximum Gasteiger partial charge on any atom is 0.280 e. The molecule has 0 spiro atoms. The van der Waals surface area contributed by atoms with Crippen molar-refractivity contribution in [1.29, 1.82) is 0 Å². The van der Waals surface area contributed by atoms with Crippen molar-refractivity contribution < 1.29 is 14.3 Å². The third kappa shape index (κ3) is 3.88. The summed E-state index contributed by atoms with van der Waals surface area (Å²) in [6.07, 6.45) is 2.07. The largest absolute Gasteiger partial charge is 0.493 e. The summed E-state index contributed by atoms with van der Waals surface area (Å²) in [6.45, 7) is 2.44. The van der Waals surface area contributed by atoms with Gasteiger partial charge in [0.25, 0.3) is 11.5 Å². The highest BCUT2D eigenvalue weighted by molar-refractivity contribution is 6.32. The number of rotatable bonds is 6. The molecule has 0 fully saturated rings. The average Bonchev–Trinajstić information content (AvgIpc) is 2.68. The Labute approximate surface area is 160 Å². The number of hydrogen-bond acceptors (Lipinski definition) is 5. The number of nitrogens with one attached hydrogen (secondary N) is 1. The van der Waals surface area contributed by atoms with Crippen LogP contribution in [0.25, 0.3) is 10.9 Å². The average molecular weight is 388 g/mol. The number of fused-ring (bicyclic) bond motifs is 1. The molecule has 27 heavy (non-hydrogen) atoms. The van der Waals surface area contributed by atoms with Crippen LogP contribution in [0.5, 0.6) is 11.5 Å². The summed E-state index contributed by atoms with van der Waals surface area (Å²) >= 11 is 6.24. The van der Waals surface area contributed by atoms with Crippen molar-refractivity contribution in [3.63, 3.8) is 0 Å². The van der Waals surface area contributed by atoms with Crippen LogP contribution in [-0.2, 0) is 0 Å². The molecular formula is C19H18ClN3O4. The number of methoxy groups -OCH3 is 1. The second-order valence-corrected chi connectivity index (χ2v) is 6.12. The normalized spacial score (nSPS) is 10.6. The van der Waals surface area contributed by atoms with Crippen LogP contribution >= 0.6 is 11.6 Å². The molecule has 1 N–H and O–H groups in total. The molecule has 0 aliphatic heterocycles. The monoisotopic (exact) mass is 387 g/mol. The summed E-state index contributed by atoms with van der Waals surface area (Å²) in [4.78, 5) is 29.3. The Morgan fingerprint density at radius 2 is 2.07 bits per heavy atom. The molecule has 2 aromatic carbocycles. The van der Waals surface area contributed by atoms with Gasteiger partial charge in [0.1, 0.15) is 6.33 Å². The van der Waals surface area contributed by atoms with Gasteiger partial charge in [0, 0.05) is 5.56 Å². The molecule has 0 saturated heterocycles. The fourth-order valence-corrected chi connectivity index (χ4v) is 2.78. The standard InChI is InChI=1S/C19H18ClN3O4/c1-3-8-27-17-14(20)9-12(10-16(17)26-2)18(24)22-23-11-21-15-7-5-4-6-13(15)19(23)25/h4-7,9-11H,3,8H2,1-2H3,(H,22,24). The zero-order valence-electron chi connectivity index (χ0n) is 14.9. The molecular weight excluding hydrogens is 370 g/mol. The van der Waals surface area contributed by atoms with Crippen molar-refractivity contribution in [3.8, 4) is 11.5 Å². The van der Waals surface area contributed by atoms with E-state index in [0.29, 0.717) is 29.0 Å². The van der Waals surface area contributed by atoms with Gasteiger partial charge in [-0.15, -0.1) is 0 Å². The van der Waals surface area contributed by atoms with E-state index in [4.69, 9.17) is 21.1 Å². The fraction of sp³-hybridized carbons (Fsp3) is 0.211. The third-order valence-corrected chi connectivity index (χ3v) is 4.11. The van der Waals surface area contributed by atoms with Gasteiger partial charge in [0.2, 0.25) is 0 Å². The van der Waals surface area contributed by atoms with Crippen molar-refractivity contribution in [2.45, 2.75) is 13.3 Å². The molecule has 3 rings (SSSR count). The lowest BCUT2D eigenvalue weighted by Gasteiger charge is -2.14. The van der Waals surface area contributed by atoms with Gasteiger partial charge in [0.05, 0.1) is 29.6 Å². The molecule has 0 aliphatic rings. The number of halogens is 1. The number of carbonyl (C=O) groups is 1. The second kappa shape index (κ2) is 8.09. The number of para-hydroxylation sites is 1. The summed E-state index contributed by atoms with van der Waals surface area (Å²) in [5.74, 6) is 0.184. The number of nitrogens with zero attached hydrogens (tertiary/aromatic N) is 2. The van der Waals surface area contributed by atoms with Crippen LogP contribution in [0.2, 0.25) is 5.02 Å². The maximum atomic E-state index is 12.6. The first-order valence-corrected chi connectivity index (χ1v) is 8.71. The summed E-state index contributed by atoms with van der Waals surface area (Å²) < 4.78 is 11.9. The highest BCUT2D eigenvalue weighted by Gasteiger charge is 2.17. The Hall–Kier alpha value is -3.06. The minimum absolute atomic E-state index is 0.223. The smallest absolute Gasteiger partial charge is 0.280 e. The van der Waals surface area contributed by atoms with Crippen molar-refractivity contribution in [2.75, 3.05) is 19.1 Å². The molecule has 0 radical (unpaired) electrons. The zero-order chi connectivity index (χ0) is 19.4. The van der Waals surface area contributed by atoms with Gasteiger partial charge in [-0.3, -0.25) is 15.0 Å². The van der Waals surface area contributed by atoms with E-state index < -0.39 is 5.91 Å². The van der Waals surface area contributed by atoms with Crippen LogP contribution in [-0.4, -0.2) is 29.3 Å². The Balaban J connectivity index is 1.91. The number of aromatic nitrogens is 2. The van der Waals surface area contributed by atoms with Crippen molar-refractivity contribution >= 4 is 28.4 Å². The van der Waals surface area contributed by atoms with E-state index in [-0.39, 0.29) is 16.1 Å². The minimum Gasteiger partial charge on any atom is -0.493 e. The van der Waals surface area contributed by atoms with E-state index in [1.807, 2.05) is 6.92 Å². The minimum atomic E-state index is -0.531. The highest BCUT2D eigenvalue weighted by atomic mass is 35.5.